The van der Waals surface area contributed by atoms with E-state index >= 15 is 0 Å². The summed E-state index contributed by atoms with van der Waals surface area (Å²) >= 11 is 0. The summed E-state index contributed by atoms with van der Waals surface area (Å²) in [6, 6.07) is 16.7. The summed E-state index contributed by atoms with van der Waals surface area (Å²) in [5, 5.41) is 5.98. The molecule has 2 aromatic carbocycles. The summed E-state index contributed by atoms with van der Waals surface area (Å²) in [6.07, 6.45) is 5.43. The first-order valence-electron chi connectivity index (χ1n) is 11.3. The normalized spacial score (nSPS) is 22.0. The maximum absolute atomic E-state index is 13.3. The lowest BCUT2D eigenvalue weighted by atomic mass is 9.82. The van der Waals surface area contributed by atoms with E-state index in [4.69, 9.17) is 0 Å². The van der Waals surface area contributed by atoms with Gasteiger partial charge in [0.1, 0.15) is 5.82 Å². The summed E-state index contributed by atoms with van der Waals surface area (Å²) in [5.74, 6) is -0.0534. The van der Waals surface area contributed by atoms with Gasteiger partial charge < -0.3 is 15.5 Å². The number of amides is 3. The van der Waals surface area contributed by atoms with Crippen LogP contribution in [0.15, 0.2) is 54.6 Å². The maximum atomic E-state index is 13.3. The van der Waals surface area contributed by atoms with E-state index in [0.717, 1.165) is 25.7 Å². The molecule has 0 spiro atoms. The number of piperidine rings is 1. The predicted octanol–water partition coefficient (Wildman–Crippen LogP) is 4.91. The molecule has 2 aromatic rings. The summed E-state index contributed by atoms with van der Waals surface area (Å²) in [5.41, 5.74) is 1.86. The van der Waals surface area contributed by atoms with Gasteiger partial charge in [0.15, 0.2) is 0 Å². The molecule has 0 bridgehead atoms. The van der Waals surface area contributed by atoms with E-state index in [9.17, 15) is 14.0 Å². The van der Waals surface area contributed by atoms with Crippen molar-refractivity contribution in [1.82, 2.24) is 10.2 Å². The van der Waals surface area contributed by atoms with Gasteiger partial charge in [-0.15, -0.1) is 0 Å². The average molecular weight is 424 g/mol. The van der Waals surface area contributed by atoms with E-state index in [-0.39, 0.29) is 29.7 Å². The van der Waals surface area contributed by atoms with Gasteiger partial charge in [0, 0.05) is 30.7 Å². The van der Waals surface area contributed by atoms with E-state index in [1.807, 2.05) is 11.0 Å². The Morgan fingerprint density at radius 2 is 1.58 bits per heavy atom. The number of benzene rings is 2. The van der Waals surface area contributed by atoms with Crippen molar-refractivity contribution < 1.29 is 14.0 Å². The molecule has 2 fully saturated rings. The Morgan fingerprint density at radius 1 is 0.871 bits per heavy atom. The average Bonchev–Trinajstić information content (AvgIpc) is 2.80. The van der Waals surface area contributed by atoms with Gasteiger partial charge in [0.2, 0.25) is 5.91 Å². The molecule has 2 N–H and O–H groups in total. The Kier molecular flexibility index (Phi) is 6.85. The van der Waals surface area contributed by atoms with E-state index in [1.165, 1.54) is 17.7 Å². The summed E-state index contributed by atoms with van der Waals surface area (Å²) in [4.78, 5) is 27.0. The number of urea groups is 1. The Bertz CT molecular complexity index is 889. The number of nitrogens with one attached hydrogen (secondary N) is 2. The van der Waals surface area contributed by atoms with Crippen molar-refractivity contribution in [2.75, 3.05) is 18.4 Å². The molecule has 2 aliphatic rings. The second-order valence-corrected chi connectivity index (χ2v) is 8.67. The van der Waals surface area contributed by atoms with Gasteiger partial charge >= 0.3 is 6.03 Å². The minimum atomic E-state index is -0.373. The van der Waals surface area contributed by atoms with Crippen LogP contribution < -0.4 is 10.6 Å². The highest BCUT2D eigenvalue weighted by Gasteiger charge is 2.29. The summed E-state index contributed by atoms with van der Waals surface area (Å²) < 4.78 is 13.3. The first kappa shape index (κ1) is 21.3. The highest BCUT2D eigenvalue weighted by atomic mass is 19.1. The van der Waals surface area contributed by atoms with Crippen molar-refractivity contribution in [3.05, 3.63) is 66.0 Å². The number of rotatable bonds is 4. The molecule has 5 nitrogen and oxygen atoms in total. The molecule has 1 aliphatic carbocycles. The minimum Gasteiger partial charge on any atom is -0.335 e. The van der Waals surface area contributed by atoms with Crippen molar-refractivity contribution in [3.63, 3.8) is 0 Å². The summed E-state index contributed by atoms with van der Waals surface area (Å²) in [6.45, 7) is 1.12. The monoisotopic (exact) mass is 423 g/mol. The van der Waals surface area contributed by atoms with Crippen molar-refractivity contribution >= 4 is 17.6 Å². The van der Waals surface area contributed by atoms with Crippen molar-refractivity contribution in [1.29, 1.82) is 0 Å². The Hall–Kier alpha value is -2.89. The molecule has 0 atom stereocenters. The highest BCUT2D eigenvalue weighted by Crippen LogP contribution is 2.32. The number of halogens is 1. The molecule has 0 unspecified atom stereocenters. The predicted molar refractivity (Wildman–Crippen MR) is 119 cm³/mol. The van der Waals surface area contributed by atoms with Gasteiger partial charge in [-0.05, 0) is 68.2 Å². The molecule has 1 saturated heterocycles. The van der Waals surface area contributed by atoms with Crippen LogP contribution in [0.4, 0.5) is 14.9 Å². The molecular weight excluding hydrogens is 393 g/mol. The number of carbonyl (C=O) groups is 2. The number of carbonyl (C=O) groups excluding carboxylic acids is 2. The van der Waals surface area contributed by atoms with Crippen molar-refractivity contribution in [2.45, 2.75) is 50.5 Å². The molecule has 1 heterocycles. The van der Waals surface area contributed by atoms with E-state index < -0.39 is 0 Å². The third kappa shape index (κ3) is 5.63. The second kappa shape index (κ2) is 9.94. The topological polar surface area (TPSA) is 61.4 Å². The van der Waals surface area contributed by atoms with Crippen molar-refractivity contribution in [3.8, 4) is 0 Å². The van der Waals surface area contributed by atoms with Gasteiger partial charge in [0.05, 0.1) is 0 Å². The third-order valence-electron chi connectivity index (χ3n) is 6.57. The number of nitrogens with zero attached hydrogens (tertiary/aromatic N) is 1. The Morgan fingerprint density at radius 3 is 2.26 bits per heavy atom. The van der Waals surface area contributed by atoms with Crippen LogP contribution in [0.25, 0.3) is 0 Å². The molecule has 6 heteroatoms. The van der Waals surface area contributed by atoms with Crippen LogP contribution in [0.2, 0.25) is 0 Å². The van der Waals surface area contributed by atoms with Gasteiger partial charge in [0.25, 0.3) is 0 Å². The second-order valence-electron chi connectivity index (χ2n) is 8.67. The quantitative estimate of drug-likeness (QED) is 0.734. The smallest absolute Gasteiger partial charge is 0.317 e. The maximum Gasteiger partial charge on any atom is 0.317 e. The van der Waals surface area contributed by atoms with Crippen LogP contribution in [0, 0.1) is 11.7 Å². The van der Waals surface area contributed by atoms with Crippen LogP contribution in [0.3, 0.4) is 0 Å². The zero-order valence-corrected chi connectivity index (χ0v) is 17.7. The molecule has 164 valence electrons. The standard InChI is InChI=1S/C25H30FN3O2/c26-21-7-4-8-23(17-21)27-24(30)20-13-15-29(16-14-20)25(31)28-22-11-9-19(10-12-22)18-5-2-1-3-6-18/h1-8,17,19-20,22H,9-16H2,(H,27,30)(H,28,31). The molecule has 31 heavy (non-hydrogen) atoms. The largest absolute Gasteiger partial charge is 0.335 e. The van der Waals surface area contributed by atoms with Crippen LogP contribution >= 0.6 is 0 Å². The van der Waals surface area contributed by atoms with Crippen LogP contribution in [0.1, 0.15) is 50.0 Å². The van der Waals surface area contributed by atoms with Crippen molar-refractivity contribution in [2.24, 2.45) is 5.92 Å². The zero-order chi connectivity index (χ0) is 21.6. The molecular formula is C25H30FN3O2. The fourth-order valence-electron chi connectivity index (χ4n) is 4.72. The van der Waals surface area contributed by atoms with E-state index in [2.05, 4.69) is 34.9 Å². The molecule has 0 radical (unpaired) electrons. The van der Waals surface area contributed by atoms with Crippen LogP contribution in [-0.4, -0.2) is 36.0 Å². The fraction of sp³-hybridized carbons (Fsp3) is 0.440. The highest BCUT2D eigenvalue weighted by molar-refractivity contribution is 5.92. The molecule has 1 aliphatic heterocycles. The zero-order valence-electron chi connectivity index (χ0n) is 17.7. The number of hydrogen-bond donors (Lipinski definition) is 2. The minimum absolute atomic E-state index is 0.0212. The Balaban J connectivity index is 1.19. The van der Waals surface area contributed by atoms with E-state index in [1.54, 1.807) is 12.1 Å². The molecule has 4 rings (SSSR count). The lowest BCUT2D eigenvalue weighted by Crippen LogP contribution is -2.49. The fourth-order valence-corrected chi connectivity index (χ4v) is 4.72. The lowest BCUT2D eigenvalue weighted by molar-refractivity contribution is -0.121. The molecule has 0 aromatic heterocycles. The van der Waals surface area contributed by atoms with Gasteiger partial charge in [-0.25, -0.2) is 9.18 Å². The number of hydrogen-bond acceptors (Lipinski definition) is 2. The van der Waals surface area contributed by atoms with E-state index in [0.29, 0.717) is 37.5 Å². The lowest BCUT2D eigenvalue weighted by Gasteiger charge is -2.34. The summed E-state index contributed by atoms with van der Waals surface area (Å²) in [7, 11) is 0. The van der Waals surface area contributed by atoms with Gasteiger partial charge in [-0.2, -0.15) is 0 Å². The number of anilines is 1. The molecule has 1 saturated carbocycles. The van der Waals surface area contributed by atoms with Crippen LogP contribution in [0.5, 0.6) is 0 Å². The first-order chi connectivity index (χ1) is 15.1. The van der Waals surface area contributed by atoms with Gasteiger partial charge in [-0.1, -0.05) is 36.4 Å². The number of likely N-dealkylation sites (tertiary alicyclic amines) is 1. The SMILES string of the molecule is O=C(Nc1cccc(F)c1)C1CCN(C(=O)NC2CCC(c3ccccc3)CC2)CC1. The molecule has 3 amide bonds. The Labute approximate surface area is 183 Å². The van der Waals surface area contributed by atoms with Gasteiger partial charge in [-0.3, -0.25) is 4.79 Å². The first-order valence-corrected chi connectivity index (χ1v) is 11.3. The third-order valence-corrected chi connectivity index (χ3v) is 6.57. The van der Waals surface area contributed by atoms with Crippen LogP contribution in [-0.2, 0) is 4.79 Å².